The maximum absolute atomic E-state index is 12.7. The van der Waals surface area contributed by atoms with E-state index in [9.17, 15) is 4.79 Å². The van der Waals surface area contributed by atoms with Crippen molar-refractivity contribution < 1.29 is 47.5 Å². The van der Waals surface area contributed by atoms with Gasteiger partial charge in [-0.3, -0.25) is 4.48 Å². The molecule has 9 heteroatoms. The summed E-state index contributed by atoms with van der Waals surface area (Å²) in [7, 11) is 2.17. The molecular formula is C32H58IN3O4S. The lowest BCUT2D eigenvalue weighted by molar-refractivity contribution is -0.950. The van der Waals surface area contributed by atoms with Crippen LogP contribution in [0.1, 0.15) is 136 Å². The lowest BCUT2D eigenvalue weighted by Gasteiger charge is -2.44. The van der Waals surface area contributed by atoms with Gasteiger partial charge >= 0.3 is 6.16 Å². The Morgan fingerprint density at radius 2 is 1.44 bits per heavy atom. The number of nitrogens with zero attached hydrogens (tertiary/aromatic N) is 3. The van der Waals surface area contributed by atoms with Gasteiger partial charge in [-0.1, -0.05) is 117 Å². The third kappa shape index (κ3) is 14.9. The standard InChI is InChI=1S/C32H58N3O4S.HI/c1-6-8-10-12-13-14-15-16-17-18-20-25-38-32(36)39-31(27(3)4)35(5)23-21-22-28(26-35)29-30(34-40-33-29)37-24-19-11-9-7-2;/h22,27,31H,6-21,23-26H2,1-5H3;1H/q+1;/p-1. The highest BCUT2D eigenvalue weighted by Crippen LogP contribution is 2.33. The van der Waals surface area contributed by atoms with Gasteiger partial charge in [-0.15, -0.1) is 4.37 Å². The van der Waals surface area contributed by atoms with Crippen molar-refractivity contribution in [3.8, 4) is 5.88 Å². The van der Waals surface area contributed by atoms with E-state index in [1.807, 2.05) is 0 Å². The molecule has 2 atom stereocenters. The Labute approximate surface area is 272 Å². The van der Waals surface area contributed by atoms with E-state index in [4.69, 9.17) is 14.2 Å². The van der Waals surface area contributed by atoms with Gasteiger partial charge in [-0.25, -0.2) is 4.79 Å². The van der Waals surface area contributed by atoms with Crippen molar-refractivity contribution in [2.45, 2.75) is 137 Å². The zero-order valence-corrected chi connectivity index (χ0v) is 29.6. The maximum atomic E-state index is 12.7. The van der Waals surface area contributed by atoms with E-state index in [2.05, 4.69) is 49.6 Å². The number of likely N-dealkylation sites (N-methyl/N-ethyl adjacent to an activating group) is 1. The monoisotopic (exact) mass is 707 g/mol. The number of hydrogen-bond acceptors (Lipinski definition) is 7. The number of quaternary nitrogens is 1. The number of unbranched alkanes of at least 4 members (excludes halogenated alkanes) is 13. The molecule has 1 aromatic heterocycles. The number of ether oxygens (including phenoxy) is 3. The molecule has 0 fully saturated rings. The number of halogens is 1. The SMILES string of the molecule is CCCCCCCCCCCCCOC(=O)OC(C(C)C)[N+]1(C)CCC=C(c2nsnc2OCCCCCC)C1.[I-]. The molecule has 2 heterocycles. The van der Waals surface area contributed by atoms with Gasteiger partial charge in [0.25, 0.3) is 5.88 Å². The quantitative estimate of drug-likeness (QED) is 0.0621. The Bertz CT molecular complexity index is 851. The molecule has 0 spiro atoms. The van der Waals surface area contributed by atoms with Gasteiger partial charge < -0.3 is 38.2 Å². The highest BCUT2D eigenvalue weighted by molar-refractivity contribution is 6.99. The number of rotatable bonds is 22. The molecule has 0 aliphatic carbocycles. The summed E-state index contributed by atoms with van der Waals surface area (Å²) in [6.45, 7) is 11.4. The Balaban J connectivity index is 0.00000840. The summed E-state index contributed by atoms with van der Waals surface area (Å²) in [5.74, 6) is 0.788. The van der Waals surface area contributed by atoms with Gasteiger partial charge in [0.1, 0.15) is 12.2 Å². The fourth-order valence-electron chi connectivity index (χ4n) is 5.66. The lowest BCUT2D eigenvalue weighted by Crippen LogP contribution is -3.00. The molecule has 1 aromatic rings. The first-order chi connectivity index (χ1) is 19.4. The second kappa shape index (κ2) is 22.6. The zero-order chi connectivity index (χ0) is 29.1. The highest BCUT2D eigenvalue weighted by Gasteiger charge is 2.41. The average Bonchev–Trinajstić information content (AvgIpc) is 3.40. The molecule has 0 saturated carbocycles. The predicted octanol–water partition coefficient (Wildman–Crippen LogP) is 6.18. The number of aromatic nitrogens is 2. The van der Waals surface area contributed by atoms with Gasteiger partial charge in [-0.05, 0) is 12.8 Å². The molecule has 238 valence electrons. The summed E-state index contributed by atoms with van der Waals surface area (Å²) in [4.78, 5) is 12.7. The first kappa shape index (κ1) is 38.1. The third-order valence-corrected chi connectivity index (χ3v) is 8.44. The molecule has 0 saturated heterocycles. The molecule has 1 aliphatic rings. The second-order valence-electron chi connectivity index (χ2n) is 12.1. The van der Waals surface area contributed by atoms with Gasteiger partial charge in [0.15, 0.2) is 0 Å². The zero-order valence-electron chi connectivity index (χ0n) is 26.6. The second-order valence-corrected chi connectivity index (χ2v) is 12.6. The van der Waals surface area contributed by atoms with Crippen LogP contribution >= 0.6 is 11.7 Å². The van der Waals surface area contributed by atoms with Crippen LogP contribution in [-0.4, -0.2) is 59.0 Å². The van der Waals surface area contributed by atoms with Gasteiger partial charge in [0.2, 0.25) is 6.23 Å². The first-order valence-electron chi connectivity index (χ1n) is 16.2. The number of carbonyl (C=O) groups excluding carboxylic acids is 1. The molecule has 0 radical (unpaired) electrons. The van der Waals surface area contributed by atoms with Gasteiger partial charge in [0.05, 0.1) is 38.5 Å². The number of carbonyl (C=O) groups is 1. The van der Waals surface area contributed by atoms with Crippen LogP contribution in [0.4, 0.5) is 4.79 Å². The van der Waals surface area contributed by atoms with E-state index in [-0.39, 0.29) is 36.1 Å². The normalized spacial score (nSPS) is 17.6. The van der Waals surface area contributed by atoms with Crippen LogP contribution in [0.15, 0.2) is 6.08 Å². The molecular weight excluding hydrogens is 649 g/mol. The molecule has 0 amide bonds. The molecule has 0 aromatic carbocycles. The summed E-state index contributed by atoms with van der Waals surface area (Å²) in [6, 6.07) is 0. The van der Waals surface area contributed by atoms with Crippen LogP contribution in [0, 0.1) is 5.92 Å². The Morgan fingerprint density at radius 3 is 2.05 bits per heavy atom. The minimum absolute atomic E-state index is 0. The van der Waals surface area contributed by atoms with Crippen molar-refractivity contribution in [3.05, 3.63) is 11.8 Å². The fourth-order valence-corrected chi connectivity index (χ4v) is 6.19. The topological polar surface area (TPSA) is 70.5 Å². The van der Waals surface area contributed by atoms with Crippen molar-refractivity contribution in [1.82, 2.24) is 8.75 Å². The fraction of sp³-hybridized carbons (Fsp3) is 0.844. The van der Waals surface area contributed by atoms with Crippen LogP contribution in [0.25, 0.3) is 5.57 Å². The van der Waals surface area contributed by atoms with E-state index in [0.29, 0.717) is 30.1 Å². The van der Waals surface area contributed by atoms with Crippen LogP contribution in [0.5, 0.6) is 5.88 Å². The van der Waals surface area contributed by atoms with Crippen molar-refractivity contribution >= 4 is 23.5 Å². The Hall–Kier alpha value is -0.940. The summed E-state index contributed by atoms with van der Waals surface area (Å²) >= 11 is 1.20. The van der Waals surface area contributed by atoms with E-state index < -0.39 is 6.16 Å². The van der Waals surface area contributed by atoms with Crippen LogP contribution in [0.3, 0.4) is 0 Å². The summed E-state index contributed by atoms with van der Waals surface area (Å²) < 4.78 is 27.1. The highest BCUT2D eigenvalue weighted by atomic mass is 127. The summed E-state index contributed by atoms with van der Waals surface area (Å²) in [6.07, 6.45) is 20.9. The summed E-state index contributed by atoms with van der Waals surface area (Å²) in [5.41, 5.74) is 1.96. The van der Waals surface area contributed by atoms with Crippen molar-refractivity contribution in [2.24, 2.45) is 5.92 Å². The van der Waals surface area contributed by atoms with Crippen molar-refractivity contribution in [2.75, 3.05) is 33.4 Å². The smallest absolute Gasteiger partial charge is 0.512 e. The van der Waals surface area contributed by atoms with Crippen LogP contribution < -0.4 is 28.7 Å². The lowest BCUT2D eigenvalue weighted by atomic mass is 10.0. The van der Waals surface area contributed by atoms with E-state index in [1.54, 1.807) is 0 Å². The van der Waals surface area contributed by atoms with Crippen molar-refractivity contribution in [1.29, 1.82) is 0 Å². The number of hydrogen-bond donors (Lipinski definition) is 0. The molecule has 7 nitrogen and oxygen atoms in total. The third-order valence-electron chi connectivity index (χ3n) is 7.93. The molecule has 2 rings (SSSR count). The van der Waals surface area contributed by atoms with Crippen LogP contribution in [0.2, 0.25) is 0 Å². The van der Waals surface area contributed by atoms with Gasteiger partial charge in [-0.2, -0.15) is 4.37 Å². The maximum Gasteiger partial charge on any atom is 0.512 e. The largest absolute Gasteiger partial charge is 1.00 e. The van der Waals surface area contributed by atoms with Crippen molar-refractivity contribution in [3.63, 3.8) is 0 Å². The molecule has 41 heavy (non-hydrogen) atoms. The summed E-state index contributed by atoms with van der Waals surface area (Å²) in [5, 5.41) is 0. The molecule has 1 aliphatic heterocycles. The van der Waals surface area contributed by atoms with E-state index >= 15 is 0 Å². The minimum Gasteiger partial charge on any atom is -1.00 e. The van der Waals surface area contributed by atoms with E-state index in [1.165, 1.54) is 88.8 Å². The van der Waals surface area contributed by atoms with E-state index in [0.717, 1.165) is 43.5 Å². The molecule has 2 unspecified atom stereocenters. The van der Waals surface area contributed by atoms with Crippen LogP contribution in [-0.2, 0) is 9.47 Å². The average molecular weight is 708 g/mol. The van der Waals surface area contributed by atoms with Gasteiger partial charge in [0, 0.05) is 17.9 Å². The Kier molecular flexibility index (Phi) is 21.0. The molecule has 0 bridgehead atoms. The Morgan fingerprint density at radius 1 is 0.878 bits per heavy atom. The minimum atomic E-state index is -0.548. The first-order valence-corrected chi connectivity index (χ1v) is 17.0. The molecule has 0 N–H and O–H groups in total. The predicted molar refractivity (Wildman–Crippen MR) is 166 cm³/mol.